The van der Waals surface area contributed by atoms with Crippen molar-refractivity contribution in [2.75, 3.05) is 7.11 Å². The predicted octanol–water partition coefficient (Wildman–Crippen LogP) is 2.47. The molecule has 5 heteroatoms. The number of methoxy groups -OCH3 is 1. The summed E-state index contributed by atoms with van der Waals surface area (Å²) in [7, 11) is 1.34. The third kappa shape index (κ3) is 3.79. The smallest absolute Gasteiger partial charge is 0.339 e. The molecule has 5 nitrogen and oxygen atoms in total. The van der Waals surface area contributed by atoms with Crippen molar-refractivity contribution in [1.29, 1.82) is 0 Å². The maximum atomic E-state index is 11.3. The van der Waals surface area contributed by atoms with Crippen LogP contribution in [-0.2, 0) is 11.3 Å². The number of carbonyl (C=O) groups excluding carboxylic acids is 1. The van der Waals surface area contributed by atoms with Crippen molar-refractivity contribution in [3.8, 4) is 5.75 Å². The van der Waals surface area contributed by atoms with Crippen LogP contribution in [0, 0.1) is 0 Å². The fraction of sp³-hybridized carbons (Fsp3) is 0.250. The lowest BCUT2D eigenvalue weighted by Crippen LogP contribution is -2.08. The van der Waals surface area contributed by atoms with Crippen LogP contribution >= 0.6 is 0 Å². The highest BCUT2D eigenvalue weighted by molar-refractivity contribution is 5.88. The Labute approximate surface area is 123 Å². The van der Waals surface area contributed by atoms with Crippen LogP contribution in [0.15, 0.2) is 42.6 Å². The van der Waals surface area contributed by atoms with Crippen molar-refractivity contribution >= 4 is 5.97 Å². The molecule has 2 rings (SSSR count). The van der Waals surface area contributed by atoms with Gasteiger partial charge in [0.25, 0.3) is 0 Å². The van der Waals surface area contributed by atoms with E-state index in [2.05, 4.69) is 9.72 Å². The Kier molecular flexibility index (Phi) is 4.90. The monoisotopic (exact) mass is 286 g/mol. The van der Waals surface area contributed by atoms with E-state index in [4.69, 9.17) is 10.5 Å². The molecule has 0 unspecified atom stereocenters. The summed E-state index contributed by atoms with van der Waals surface area (Å²) in [6, 6.07) is 10.9. The second kappa shape index (κ2) is 6.85. The van der Waals surface area contributed by atoms with Crippen LogP contribution in [0.5, 0.6) is 5.75 Å². The molecule has 0 amide bonds. The summed E-state index contributed by atoms with van der Waals surface area (Å²) < 4.78 is 10.4. The first-order valence-corrected chi connectivity index (χ1v) is 6.62. The fourth-order valence-electron chi connectivity index (χ4n) is 1.89. The van der Waals surface area contributed by atoms with E-state index in [1.165, 1.54) is 13.3 Å². The normalized spacial score (nSPS) is 11.8. The summed E-state index contributed by atoms with van der Waals surface area (Å²) in [5.41, 5.74) is 7.99. The first kappa shape index (κ1) is 15.0. The van der Waals surface area contributed by atoms with Crippen molar-refractivity contribution in [3.63, 3.8) is 0 Å². The molecule has 1 aromatic carbocycles. The Bertz CT molecular complexity index is 609. The third-order valence-electron chi connectivity index (χ3n) is 3.03. The molecule has 0 aliphatic heterocycles. The minimum absolute atomic E-state index is 0.101. The van der Waals surface area contributed by atoms with E-state index in [1.807, 2.05) is 31.2 Å². The zero-order valence-corrected chi connectivity index (χ0v) is 12.1. The first-order valence-electron chi connectivity index (χ1n) is 6.62. The van der Waals surface area contributed by atoms with Crippen LogP contribution < -0.4 is 10.5 Å². The average molecular weight is 286 g/mol. The molecule has 0 fully saturated rings. The Balaban J connectivity index is 2.05. The van der Waals surface area contributed by atoms with Gasteiger partial charge in [0.15, 0.2) is 0 Å². The van der Waals surface area contributed by atoms with Crippen LogP contribution in [0.4, 0.5) is 0 Å². The number of nitrogens with two attached hydrogens (primary N) is 1. The number of nitrogens with zero attached hydrogens (tertiary/aromatic N) is 1. The molecule has 0 aliphatic carbocycles. The second-order valence-corrected chi connectivity index (χ2v) is 4.64. The van der Waals surface area contributed by atoms with Crippen molar-refractivity contribution in [2.45, 2.75) is 19.6 Å². The summed E-state index contributed by atoms with van der Waals surface area (Å²) in [5.74, 6) is 0.337. The Morgan fingerprint density at radius 1 is 1.29 bits per heavy atom. The minimum Gasteiger partial charge on any atom is -0.487 e. The molecule has 0 spiro atoms. The van der Waals surface area contributed by atoms with E-state index in [1.54, 1.807) is 12.1 Å². The summed E-state index contributed by atoms with van der Waals surface area (Å²) in [4.78, 5) is 15.5. The fourth-order valence-corrected chi connectivity index (χ4v) is 1.89. The van der Waals surface area contributed by atoms with Crippen LogP contribution in [0.3, 0.4) is 0 Å². The Morgan fingerprint density at radius 3 is 2.67 bits per heavy atom. The van der Waals surface area contributed by atoms with Gasteiger partial charge in [-0.05, 0) is 25.1 Å². The number of hydrogen-bond donors (Lipinski definition) is 1. The van der Waals surface area contributed by atoms with Gasteiger partial charge in [0.2, 0.25) is 0 Å². The average Bonchev–Trinajstić information content (AvgIpc) is 2.52. The van der Waals surface area contributed by atoms with Gasteiger partial charge in [-0.15, -0.1) is 0 Å². The molecule has 0 aliphatic rings. The lowest BCUT2D eigenvalue weighted by molar-refractivity contribution is 0.0600. The summed E-state index contributed by atoms with van der Waals surface area (Å²) in [5, 5.41) is 0. The van der Waals surface area contributed by atoms with Gasteiger partial charge < -0.3 is 15.2 Å². The highest BCUT2D eigenvalue weighted by Gasteiger charge is 2.09. The molecule has 1 atom stereocenters. The molecule has 0 radical (unpaired) electrons. The number of carbonyl (C=O) groups is 1. The number of hydrogen-bond acceptors (Lipinski definition) is 5. The molecule has 2 N–H and O–H groups in total. The molecule has 0 saturated heterocycles. The molecule has 0 saturated carbocycles. The van der Waals surface area contributed by atoms with E-state index in [0.29, 0.717) is 12.2 Å². The van der Waals surface area contributed by atoms with Crippen molar-refractivity contribution < 1.29 is 14.3 Å². The molecular formula is C16H18N2O3. The SMILES string of the molecule is COC(=O)c1ccc(COc2ccccc2[C@@H](C)N)nc1. The van der Waals surface area contributed by atoms with Crippen LogP contribution in [0.2, 0.25) is 0 Å². The van der Waals surface area contributed by atoms with E-state index >= 15 is 0 Å². The molecule has 2 aromatic rings. The maximum Gasteiger partial charge on any atom is 0.339 e. The molecule has 1 heterocycles. The lowest BCUT2D eigenvalue weighted by Gasteiger charge is -2.13. The number of rotatable bonds is 5. The van der Waals surface area contributed by atoms with Crippen molar-refractivity contribution in [2.24, 2.45) is 5.73 Å². The van der Waals surface area contributed by atoms with Gasteiger partial charge in [-0.1, -0.05) is 18.2 Å². The predicted molar refractivity (Wildman–Crippen MR) is 79.0 cm³/mol. The number of aromatic nitrogens is 1. The number of para-hydroxylation sites is 1. The number of esters is 1. The Hall–Kier alpha value is -2.40. The molecule has 110 valence electrons. The topological polar surface area (TPSA) is 74.4 Å². The summed E-state index contributed by atoms with van der Waals surface area (Å²) in [6.45, 7) is 2.22. The van der Waals surface area contributed by atoms with E-state index < -0.39 is 5.97 Å². The van der Waals surface area contributed by atoms with Gasteiger partial charge in [-0.3, -0.25) is 4.98 Å². The van der Waals surface area contributed by atoms with Gasteiger partial charge in [0, 0.05) is 17.8 Å². The highest BCUT2D eigenvalue weighted by atomic mass is 16.5. The largest absolute Gasteiger partial charge is 0.487 e. The molecule has 21 heavy (non-hydrogen) atoms. The standard InChI is InChI=1S/C16H18N2O3/c1-11(17)14-5-3-4-6-15(14)21-10-13-8-7-12(9-18-13)16(19)20-2/h3-9,11H,10,17H2,1-2H3/t11-/m1/s1. The van der Waals surface area contributed by atoms with Gasteiger partial charge in [0.05, 0.1) is 18.4 Å². The van der Waals surface area contributed by atoms with Gasteiger partial charge in [-0.25, -0.2) is 4.79 Å². The quantitative estimate of drug-likeness (QED) is 0.855. The zero-order valence-electron chi connectivity index (χ0n) is 12.1. The van der Waals surface area contributed by atoms with Gasteiger partial charge in [0.1, 0.15) is 12.4 Å². The van der Waals surface area contributed by atoms with Crippen molar-refractivity contribution in [1.82, 2.24) is 4.98 Å². The number of pyridine rings is 1. The maximum absolute atomic E-state index is 11.3. The molecular weight excluding hydrogens is 268 g/mol. The number of ether oxygens (including phenoxy) is 2. The van der Waals surface area contributed by atoms with E-state index in [-0.39, 0.29) is 6.04 Å². The molecule has 1 aromatic heterocycles. The number of benzene rings is 1. The lowest BCUT2D eigenvalue weighted by atomic mass is 10.1. The van der Waals surface area contributed by atoms with Crippen LogP contribution in [-0.4, -0.2) is 18.1 Å². The van der Waals surface area contributed by atoms with Crippen LogP contribution in [0.1, 0.15) is 34.6 Å². The van der Waals surface area contributed by atoms with E-state index in [9.17, 15) is 4.79 Å². The van der Waals surface area contributed by atoms with Crippen molar-refractivity contribution in [3.05, 3.63) is 59.4 Å². The zero-order chi connectivity index (χ0) is 15.2. The summed E-state index contributed by atoms with van der Waals surface area (Å²) in [6.07, 6.45) is 1.47. The summed E-state index contributed by atoms with van der Waals surface area (Å²) >= 11 is 0. The van der Waals surface area contributed by atoms with Crippen LogP contribution in [0.25, 0.3) is 0 Å². The third-order valence-corrected chi connectivity index (χ3v) is 3.03. The highest BCUT2D eigenvalue weighted by Crippen LogP contribution is 2.23. The van der Waals surface area contributed by atoms with E-state index in [0.717, 1.165) is 17.0 Å². The second-order valence-electron chi connectivity index (χ2n) is 4.64. The van der Waals surface area contributed by atoms with Gasteiger partial charge in [-0.2, -0.15) is 0 Å². The molecule has 0 bridgehead atoms. The first-order chi connectivity index (χ1) is 10.1. The minimum atomic E-state index is -0.405. The van der Waals surface area contributed by atoms with Gasteiger partial charge >= 0.3 is 5.97 Å². The Morgan fingerprint density at radius 2 is 2.05 bits per heavy atom.